The molecule has 0 aliphatic heterocycles. The zero-order chi connectivity index (χ0) is 20.8. The maximum absolute atomic E-state index is 12.1. The molecule has 0 fully saturated rings. The van der Waals surface area contributed by atoms with Gasteiger partial charge in [-0.25, -0.2) is 10.2 Å². The predicted molar refractivity (Wildman–Crippen MR) is 108 cm³/mol. The molecule has 8 heteroatoms. The zero-order valence-corrected chi connectivity index (χ0v) is 15.6. The van der Waals surface area contributed by atoms with Gasteiger partial charge in [0.05, 0.1) is 17.3 Å². The molecular formula is C21H15ClN2O5. The minimum absolute atomic E-state index is 0.0237. The molecule has 0 atom stereocenters. The number of nitrogens with zero attached hydrogens (tertiary/aromatic N) is 1. The molecule has 0 aliphatic carbocycles. The van der Waals surface area contributed by atoms with E-state index in [-0.39, 0.29) is 17.1 Å². The summed E-state index contributed by atoms with van der Waals surface area (Å²) in [6.07, 6.45) is 1.39. The van der Waals surface area contributed by atoms with Gasteiger partial charge in [0.2, 0.25) is 0 Å². The number of hydrazone groups is 1. The van der Waals surface area contributed by atoms with Crippen LogP contribution in [-0.4, -0.2) is 28.3 Å². The second kappa shape index (κ2) is 8.90. The number of benzene rings is 3. The molecule has 0 saturated carbocycles. The van der Waals surface area contributed by atoms with E-state index in [9.17, 15) is 19.8 Å². The van der Waals surface area contributed by atoms with Gasteiger partial charge in [-0.3, -0.25) is 4.79 Å². The van der Waals surface area contributed by atoms with E-state index in [1.807, 2.05) is 0 Å². The maximum Gasteiger partial charge on any atom is 0.343 e. The van der Waals surface area contributed by atoms with Crippen LogP contribution in [0.25, 0.3) is 0 Å². The normalized spacial score (nSPS) is 10.7. The lowest BCUT2D eigenvalue weighted by molar-refractivity contribution is 0.0734. The van der Waals surface area contributed by atoms with Crippen molar-refractivity contribution >= 4 is 29.7 Å². The molecule has 0 aliphatic rings. The summed E-state index contributed by atoms with van der Waals surface area (Å²) in [5, 5.41) is 23.2. The SMILES string of the molecule is O=C(Oc1ccc(/C=N\NC(=O)c2ccc(O)cc2O)cc1)c1ccc(Cl)cc1. The monoisotopic (exact) mass is 410 g/mol. The van der Waals surface area contributed by atoms with Crippen LogP contribution in [0, 0.1) is 0 Å². The van der Waals surface area contributed by atoms with E-state index in [2.05, 4.69) is 10.5 Å². The summed E-state index contributed by atoms with van der Waals surface area (Å²) in [5.74, 6) is -1.31. The Labute approximate surface area is 170 Å². The molecule has 0 aromatic heterocycles. The number of phenols is 2. The Morgan fingerprint density at radius 2 is 1.66 bits per heavy atom. The lowest BCUT2D eigenvalue weighted by Gasteiger charge is -2.05. The summed E-state index contributed by atoms with van der Waals surface area (Å²) in [5.41, 5.74) is 3.27. The average molecular weight is 411 g/mol. The molecule has 0 unspecified atom stereocenters. The van der Waals surface area contributed by atoms with Crippen LogP contribution in [0.5, 0.6) is 17.2 Å². The fourth-order valence-electron chi connectivity index (χ4n) is 2.31. The molecule has 3 N–H and O–H groups in total. The number of rotatable bonds is 5. The van der Waals surface area contributed by atoms with Crippen LogP contribution < -0.4 is 10.2 Å². The molecule has 146 valence electrons. The summed E-state index contributed by atoms with van der Waals surface area (Å²) in [6.45, 7) is 0. The Hall–Kier alpha value is -3.84. The lowest BCUT2D eigenvalue weighted by Crippen LogP contribution is -2.17. The van der Waals surface area contributed by atoms with E-state index in [4.69, 9.17) is 16.3 Å². The highest BCUT2D eigenvalue weighted by Crippen LogP contribution is 2.22. The van der Waals surface area contributed by atoms with Gasteiger partial charge in [0, 0.05) is 11.1 Å². The fraction of sp³-hybridized carbons (Fsp3) is 0. The predicted octanol–water partition coefficient (Wildman–Crippen LogP) is 3.73. The molecule has 0 bridgehead atoms. The number of carbonyl (C=O) groups excluding carboxylic acids is 2. The van der Waals surface area contributed by atoms with Crippen molar-refractivity contribution in [1.82, 2.24) is 5.43 Å². The van der Waals surface area contributed by atoms with Gasteiger partial charge in [0.15, 0.2) is 0 Å². The van der Waals surface area contributed by atoms with Gasteiger partial charge < -0.3 is 14.9 Å². The molecule has 1 amide bonds. The fourth-order valence-corrected chi connectivity index (χ4v) is 2.44. The number of amides is 1. The summed E-state index contributed by atoms with van der Waals surface area (Å²) in [7, 11) is 0. The van der Waals surface area contributed by atoms with Crippen molar-refractivity contribution in [3.63, 3.8) is 0 Å². The quantitative estimate of drug-likeness (QED) is 0.257. The smallest absolute Gasteiger partial charge is 0.343 e. The van der Waals surface area contributed by atoms with Crippen molar-refractivity contribution in [2.24, 2.45) is 5.10 Å². The molecule has 7 nitrogen and oxygen atoms in total. The van der Waals surface area contributed by atoms with Crippen LogP contribution in [0.1, 0.15) is 26.3 Å². The maximum atomic E-state index is 12.1. The van der Waals surface area contributed by atoms with Crippen LogP contribution in [0.3, 0.4) is 0 Å². The third-order valence-electron chi connectivity index (χ3n) is 3.78. The van der Waals surface area contributed by atoms with Gasteiger partial charge >= 0.3 is 5.97 Å². The highest BCUT2D eigenvalue weighted by Gasteiger charge is 2.11. The number of phenolic OH excluding ortho intramolecular Hbond substituents is 2. The third kappa shape index (κ3) is 5.33. The molecular weight excluding hydrogens is 396 g/mol. The Balaban J connectivity index is 1.57. The standard InChI is InChI=1S/C21H15ClN2O5/c22-15-5-3-14(4-6-15)21(28)29-17-8-1-13(2-9-17)12-23-24-20(27)18-10-7-16(25)11-19(18)26/h1-12,25-26H,(H,24,27)/b23-12-. The summed E-state index contributed by atoms with van der Waals surface area (Å²) in [6, 6.07) is 16.4. The first-order chi connectivity index (χ1) is 13.9. The second-order valence-electron chi connectivity index (χ2n) is 5.87. The Morgan fingerprint density at radius 1 is 0.966 bits per heavy atom. The minimum Gasteiger partial charge on any atom is -0.508 e. The molecule has 3 aromatic rings. The first-order valence-electron chi connectivity index (χ1n) is 8.35. The topological polar surface area (TPSA) is 108 Å². The molecule has 29 heavy (non-hydrogen) atoms. The van der Waals surface area contributed by atoms with Gasteiger partial charge in [0.1, 0.15) is 17.2 Å². The summed E-state index contributed by atoms with van der Waals surface area (Å²) < 4.78 is 5.27. The number of aromatic hydroxyl groups is 2. The van der Waals surface area contributed by atoms with Crippen LogP contribution >= 0.6 is 11.6 Å². The molecule has 0 radical (unpaired) electrons. The van der Waals surface area contributed by atoms with Crippen molar-refractivity contribution in [1.29, 1.82) is 0 Å². The number of carbonyl (C=O) groups is 2. The van der Waals surface area contributed by atoms with Crippen molar-refractivity contribution in [3.05, 3.63) is 88.4 Å². The third-order valence-corrected chi connectivity index (χ3v) is 4.03. The molecule has 0 saturated heterocycles. The minimum atomic E-state index is -0.632. The number of hydrogen-bond donors (Lipinski definition) is 3. The molecule has 0 heterocycles. The molecule has 3 rings (SSSR count). The van der Waals surface area contributed by atoms with Gasteiger partial charge in [-0.05, 0) is 66.2 Å². The average Bonchev–Trinajstić information content (AvgIpc) is 2.69. The van der Waals surface area contributed by atoms with E-state index in [0.29, 0.717) is 21.9 Å². The van der Waals surface area contributed by atoms with E-state index in [1.54, 1.807) is 48.5 Å². The number of ether oxygens (including phenoxy) is 1. The van der Waals surface area contributed by atoms with Crippen LogP contribution in [-0.2, 0) is 0 Å². The van der Waals surface area contributed by atoms with Crippen LogP contribution in [0.2, 0.25) is 5.02 Å². The lowest BCUT2D eigenvalue weighted by atomic mass is 10.2. The number of halogens is 1. The molecule has 0 spiro atoms. The Morgan fingerprint density at radius 3 is 2.31 bits per heavy atom. The summed E-state index contributed by atoms with van der Waals surface area (Å²) in [4.78, 5) is 24.0. The second-order valence-corrected chi connectivity index (χ2v) is 6.30. The van der Waals surface area contributed by atoms with Crippen molar-refractivity contribution < 1.29 is 24.5 Å². The van der Waals surface area contributed by atoms with Gasteiger partial charge in [-0.2, -0.15) is 5.10 Å². The van der Waals surface area contributed by atoms with E-state index in [0.717, 1.165) is 6.07 Å². The van der Waals surface area contributed by atoms with Crippen molar-refractivity contribution in [3.8, 4) is 17.2 Å². The van der Waals surface area contributed by atoms with Gasteiger partial charge in [-0.15, -0.1) is 0 Å². The van der Waals surface area contributed by atoms with Crippen molar-refractivity contribution in [2.75, 3.05) is 0 Å². The number of esters is 1. The van der Waals surface area contributed by atoms with Crippen LogP contribution in [0.15, 0.2) is 71.8 Å². The first kappa shape index (κ1) is 19.9. The highest BCUT2D eigenvalue weighted by atomic mass is 35.5. The van der Waals surface area contributed by atoms with E-state index >= 15 is 0 Å². The van der Waals surface area contributed by atoms with E-state index < -0.39 is 11.9 Å². The zero-order valence-electron chi connectivity index (χ0n) is 14.9. The van der Waals surface area contributed by atoms with Gasteiger partial charge in [0.25, 0.3) is 5.91 Å². The molecule has 3 aromatic carbocycles. The summed E-state index contributed by atoms with van der Waals surface area (Å²) >= 11 is 5.79. The van der Waals surface area contributed by atoms with Crippen molar-refractivity contribution in [2.45, 2.75) is 0 Å². The number of nitrogens with one attached hydrogen (secondary N) is 1. The Kier molecular flexibility index (Phi) is 6.11. The van der Waals surface area contributed by atoms with Crippen LogP contribution in [0.4, 0.5) is 0 Å². The largest absolute Gasteiger partial charge is 0.508 e. The van der Waals surface area contributed by atoms with E-state index in [1.165, 1.54) is 18.3 Å². The van der Waals surface area contributed by atoms with Gasteiger partial charge in [-0.1, -0.05) is 11.6 Å². The Bertz CT molecular complexity index is 1060. The number of hydrogen-bond acceptors (Lipinski definition) is 6. The highest BCUT2D eigenvalue weighted by molar-refractivity contribution is 6.30. The first-order valence-corrected chi connectivity index (χ1v) is 8.73.